The summed E-state index contributed by atoms with van der Waals surface area (Å²) in [6.45, 7) is 0.476. The van der Waals surface area contributed by atoms with Crippen LogP contribution in [0.4, 0.5) is 0 Å². The lowest BCUT2D eigenvalue weighted by molar-refractivity contribution is 0.401. The quantitative estimate of drug-likeness (QED) is 0.747. The summed E-state index contributed by atoms with van der Waals surface area (Å²) in [5.41, 5.74) is 2.39. The number of hydrogen-bond acceptors (Lipinski definition) is 4. The first-order valence-corrected chi connectivity index (χ1v) is 11.4. The maximum absolute atomic E-state index is 12.7. The highest BCUT2D eigenvalue weighted by Gasteiger charge is 2.23. The van der Waals surface area contributed by atoms with Crippen molar-refractivity contribution in [1.29, 1.82) is 0 Å². The van der Waals surface area contributed by atoms with Crippen LogP contribution < -0.4 is 9.46 Å². The van der Waals surface area contributed by atoms with Crippen molar-refractivity contribution < 1.29 is 13.2 Å². The van der Waals surface area contributed by atoms with Crippen LogP contribution in [0.3, 0.4) is 0 Å². The van der Waals surface area contributed by atoms with Crippen LogP contribution in [0.25, 0.3) is 0 Å². The van der Waals surface area contributed by atoms with Crippen LogP contribution in [-0.2, 0) is 22.9 Å². The third kappa shape index (κ3) is 4.27. The molecule has 24 heavy (non-hydrogen) atoms. The van der Waals surface area contributed by atoms with E-state index in [4.69, 9.17) is 4.74 Å². The van der Waals surface area contributed by atoms with E-state index in [9.17, 15) is 8.42 Å². The zero-order valence-corrected chi connectivity index (χ0v) is 16.0. The Labute approximate surface area is 149 Å². The summed E-state index contributed by atoms with van der Waals surface area (Å²) in [7, 11) is -1.98. The predicted molar refractivity (Wildman–Crippen MR) is 99.5 cm³/mol. The summed E-state index contributed by atoms with van der Waals surface area (Å²) in [6.07, 6.45) is 9.44. The standard InChI is InChI=1S/C18H27NO3S2/c1-22-17-12-14-6-2-3-7-15(14)13-18(17)24(20,21)19-10-11-23-16-8-4-5-9-16/h12-13,16,19H,2-11H2,1H3. The molecule has 1 N–H and O–H groups in total. The zero-order chi connectivity index (χ0) is 17.0. The van der Waals surface area contributed by atoms with Crippen molar-refractivity contribution in [2.75, 3.05) is 19.4 Å². The van der Waals surface area contributed by atoms with E-state index in [-0.39, 0.29) is 4.90 Å². The summed E-state index contributed by atoms with van der Waals surface area (Å²) in [4.78, 5) is 0.288. The lowest BCUT2D eigenvalue weighted by Gasteiger charge is -2.19. The second kappa shape index (κ2) is 8.11. The number of hydrogen-bond donors (Lipinski definition) is 1. The molecule has 0 spiro atoms. The third-order valence-corrected chi connectivity index (χ3v) is 7.83. The fraction of sp³-hybridized carbons (Fsp3) is 0.667. The molecular weight excluding hydrogens is 342 g/mol. The molecule has 0 saturated heterocycles. The summed E-state index contributed by atoms with van der Waals surface area (Å²) in [5.74, 6) is 1.29. The average Bonchev–Trinajstić information content (AvgIpc) is 3.11. The van der Waals surface area contributed by atoms with Gasteiger partial charge in [-0.1, -0.05) is 12.8 Å². The number of benzene rings is 1. The SMILES string of the molecule is COc1cc2c(cc1S(=O)(=O)NCCSC1CCCC1)CCCC2. The molecule has 1 fully saturated rings. The van der Waals surface area contributed by atoms with Crippen LogP contribution in [0.1, 0.15) is 49.7 Å². The second-order valence-corrected chi connectivity index (χ2v) is 9.80. The minimum Gasteiger partial charge on any atom is -0.495 e. The topological polar surface area (TPSA) is 55.4 Å². The van der Waals surface area contributed by atoms with Crippen LogP contribution in [0.2, 0.25) is 0 Å². The number of thioether (sulfide) groups is 1. The van der Waals surface area contributed by atoms with Crippen molar-refractivity contribution in [1.82, 2.24) is 4.72 Å². The monoisotopic (exact) mass is 369 g/mol. The molecule has 1 aromatic rings. The van der Waals surface area contributed by atoms with Gasteiger partial charge in [0.15, 0.2) is 0 Å². The molecule has 2 aliphatic rings. The molecule has 2 aliphatic carbocycles. The molecule has 1 saturated carbocycles. The van der Waals surface area contributed by atoms with E-state index in [1.54, 1.807) is 7.11 Å². The lowest BCUT2D eigenvalue weighted by atomic mass is 9.92. The summed E-state index contributed by atoms with van der Waals surface area (Å²) in [5, 5.41) is 0.716. The van der Waals surface area contributed by atoms with Crippen molar-refractivity contribution in [3.05, 3.63) is 23.3 Å². The first-order chi connectivity index (χ1) is 11.6. The van der Waals surface area contributed by atoms with E-state index in [1.165, 1.54) is 37.7 Å². The van der Waals surface area contributed by atoms with Crippen LogP contribution in [0, 0.1) is 0 Å². The Hall–Kier alpha value is -0.720. The Bertz CT molecular complexity index is 667. The Morgan fingerprint density at radius 1 is 1.12 bits per heavy atom. The molecular formula is C18H27NO3S2. The highest BCUT2D eigenvalue weighted by atomic mass is 32.2. The van der Waals surface area contributed by atoms with E-state index in [0.717, 1.165) is 30.6 Å². The van der Waals surface area contributed by atoms with Crippen LogP contribution in [0.15, 0.2) is 17.0 Å². The molecule has 0 aliphatic heterocycles. The van der Waals surface area contributed by atoms with Crippen LogP contribution in [-0.4, -0.2) is 33.1 Å². The molecule has 3 rings (SSSR count). The number of ether oxygens (including phenoxy) is 1. The van der Waals surface area contributed by atoms with Gasteiger partial charge in [0.05, 0.1) is 7.11 Å². The van der Waals surface area contributed by atoms with Gasteiger partial charge in [-0.05, 0) is 61.8 Å². The van der Waals surface area contributed by atoms with Gasteiger partial charge in [0.2, 0.25) is 10.0 Å². The Balaban J connectivity index is 1.66. The Morgan fingerprint density at radius 2 is 1.79 bits per heavy atom. The van der Waals surface area contributed by atoms with Crippen molar-refractivity contribution in [2.45, 2.75) is 61.5 Å². The molecule has 0 aromatic heterocycles. The van der Waals surface area contributed by atoms with Gasteiger partial charge in [0.25, 0.3) is 0 Å². The summed E-state index contributed by atoms with van der Waals surface area (Å²) >= 11 is 1.89. The predicted octanol–water partition coefficient (Wildman–Crippen LogP) is 3.53. The molecule has 0 heterocycles. The van der Waals surface area contributed by atoms with E-state index < -0.39 is 10.0 Å². The van der Waals surface area contributed by atoms with E-state index in [2.05, 4.69) is 4.72 Å². The molecule has 6 heteroatoms. The number of aryl methyl sites for hydroxylation is 2. The molecule has 1 aromatic carbocycles. The normalized spacial score (nSPS) is 18.5. The minimum absolute atomic E-state index is 0.288. The average molecular weight is 370 g/mol. The molecule has 0 atom stereocenters. The molecule has 4 nitrogen and oxygen atoms in total. The maximum Gasteiger partial charge on any atom is 0.244 e. The maximum atomic E-state index is 12.7. The minimum atomic E-state index is -3.52. The number of rotatable bonds is 7. The Morgan fingerprint density at radius 3 is 2.46 bits per heavy atom. The van der Waals surface area contributed by atoms with Gasteiger partial charge in [-0.25, -0.2) is 13.1 Å². The molecule has 0 bridgehead atoms. The van der Waals surface area contributed by atoms with Crippen LogP contribution >= 0.6 is 11.8 Å². The van der Waals surface area contributed by atoms with Crippen LogP contribution in [0.5, 0.6) is 5.75 Å². The fourth-order valence-electron chi connectivity index (χ4n) is 3.64. The van der Waals surface area contributed by atoms with Gasteiger partial charge in [-0.2, -0.15) is 11.8 Å². The fourth-order valence-corrected chi connectivity index (χ4v) is 6.22. The van der Waals surface area contributed by atoms with Gasteiger partial charge in [-0.3, -0.25) is 0 Å². The van der Waals surface area contributed by atoms with E-state index in [1.807, 2.05) is 23.9 Å². The van der Waals surface area contributed by atoms with Gasteiger partial charge in [0, 0.05) is 17.5 Å². The van der Waals surface area contributed by atoms with E-state index >= 15 is 0 Å². The number of methoxy groups -OCH3 is 1. The lowest BCUT2D eigenvalue weighted by Crippen LogP contribution is -2.27. The van der Waals surface area contributed by atoms with Gasteiger partial charge in [0.1, 0.15) is 10.6 Å². The highest BCUT2D eigenvalue weighted by molar-refractivity contribution is 8.00. The van der Waals surface area contributed by atoms with E-state index in [0.29, 0.717) is 17.5 Å². The Kier molecular flexibility index (Phi) is 6.11. The molecule has 0 amide bonds. The number of fused-ring (bicyclic) bond motifs is 1. The first-order valence-electron chi connectivity index (χ1n) is 8.91. The van der Waals surface area contributed by atoms with Crippen molar-refractivity contribution in [3.8, 4) is 5.75 Å². The molecule has 0 radical (unpaired) electrons. The van der Waals surface area contributed by atoms with Gasteiger partial charge < -0.3 is 4.74 Å². The first kappa shape index (κ1) is 18.1. The van der Waals surface area contributed by atoms with Crippen molar-refractivity contribution in [3.63, 3.8) is 0 Å². The molecule has 134 valence electrons. The smallest absolute Gasteiger partial charge is 0.244 e. The van der Waals surface area contributed by atoms with Crippen molar-refractivity contribution in [2.24, 2.45) is 0 Å². The van der Waals surface area contributed by atoms with Gasteiger partial charge >= 0.3 is 0 Å². The number of sulfonamides is 1. The molecule has 0 unspecified atom stereocenters. The highest BCUT2D eigenvalue weighted by Crippen LogP contribution is 2.32. The largest absolute Gasteiger partial charge is 0.495 e. The second-order valence-electron chi connectivity index (χ2n) is 6.65. The summed E-state index contributed by atoms with van der Waals surface area (Å²) < 4.78 is 33.5. The third-order valence-electron chi connectivity index (χ3n) is 4.97. The zero-order valence-electron chi connectivity index (χ0n) is 14.3. The summed E-state index contributed by atoms with van der Waals surface area (Å²) in [6, 6.07) is 3.73. The van der Waals surface area contributed by atoms with Gasteiger partial charge in [-0.15, -0.1) is 0 Å². The number of nitrogens with one attached hydrogen (secondary N) is 1. The van der Waals surface area contributed by atoms with Crippen molar-refractivity contribution >= 4 is 21.8 Å².